The lowest BCUT2D eigenvalue weighted by atomic mass is 9.82. The lowest BCUT2D eigenvalue weighted by Gasteiger charge is -2.26. The predicted molar refractivity (Wildman–Crippen MR) is 64.4 cm³/mol. The molecule has 0 aromatic carbocycles. The van der Waals surface area contributed by atoms with Crippen molar-refractivity contribution in [2.75, 3.05) is 6.54 Å². The van der Waals surface area contributed by atoms with Gasteiger partial charge in [-0.05, 0) is 38.0 Å². The van der Waals surface area contributed by atoms with Crippen LogP contribution in [0.2, 0.25) is 0 Å². The molecule has 0 aromatic rings. The van der Waals surface area contributed by atoms with E-state index in [1.165, 1.54) is 0 Å². The maximum atomic E-state index is 11.5. The van der Waals surface area contributed by atoms with E-state index in [-0.39, 0.29) is 11.8 Å². The molecule has 1 rings (SSSR count). The normalized spacial score (nSPS) is 26.2. The lowest BCUT2D eigenvalue weighted by Crippen LogP contribution is -2.42. The molecule has 1 fully saturated rings. The smallest absolute Gasteiger partial charge is 0.306 e. The number of carboxylic acids is 1. The fourth-order valence-corrected chi connectivity index (χ4v) is 2.17. The summed E-state index contributed by atoms with van der Waals surface area (Å²) in [4.78, 5) is 22.2. The minimum Gasteiger partial charge on any atom is -0.481 e. The van der Waals surface area contributed by atoms with Crippen LogP contribution in [0.3, 0.4) is 0 Å². The molecular weight excluding hydrogens is 220 g/mol. The van der Waals surface area contributed by atoms with Gasteiger partial charge in [-0.1, -0.05) is 6.92 Å². The Morgan fingerprint density at radius 3 is 2.41 bits per heavy atom. The zero-order valence-corrected chi connectivity index (χ0v) is 10.3. The number of hydrogen-bond donors (Lipinski definition) is 3. The van der Waals surface area contributed by atoms with E-state index in [2.05, 4.69) is 5.32 Å². The molecule has 0 heterocycles. The number of carbonyl (C=O) groups excluding carboxylic acids is 1. The molecule has 0 aromatic heterocycles. The molecule has 17 heavy (non-hydrogen) atoms. The van der Waals surface area contributed by atoms with Crippen molar-refractivity contribution in [3.05, 3.63) is 0 Å². The van der Waals surface area contributed by atoms with E-state index >= 15 is 0 Å². The van der Waals surface area contributed by atoms with Gasteiger partial charge in [-0.3, -0.25) is 9.59 Å². The Hall–Kier alpha value is -1.10. The van der Waals surface area contributed by atoms with E-state index in [4.69, 9.17) is 10.8 Å². The first-order chi connectivity index (χ1) is 8.04. The van der Waals surface area contributed by atoms with Gasteiger partial charge in [-0.25, -0.2) is 0 Å². The second-order valence-electron chi connectivity index (χ2n) is 4.82. The molecular formula is C12H22N2O3. The highest BCUT2D eigenvalue weighted by molar-refractivity contribution is 5.81. The van der Waals surface area contributed by atoms with Crippen molar-refractivity contribution in [2.24, 2.45) is 17.6 Å². The van der Waals surface area contributed by atoms with E-state index < -0.39 is 12.0 Å². The summed E-state index contributed by atoms with van der Waals surface area (Å²) in [6, 6.07) is -0.426. The molecule has 0 unspecified atom stereocenters. The van der Waals surface area contributed by atoms with Crippen molar-refractivity contribution in [1.82, 2.24) is 5.32 Å². The molecule has 0 saturated heterocycles. The highest BCUT2D eigenvalue weighted by Crippen LogP contribution is 2.28. The summed E-state index contributed by atoms with van der Waals surface area (Å²) in [5.41, 5.74) is 5.60. The van der Waals surface area contributed by atoms with E-state index in [1.807, 2.05) is 6.92 Å². The van der Waals surface area contributed by atoms with Gasteiger partial charge in [-0.15, -0.1) is 0 Å². The number of carbonyl (C=O) groups is 2. The molecule has 1 aliphatic rings. The zero-order valence-electron chi connectivity index (χ0n) is 10.3. The number of nitrogens with two attached hydrogens (primary N) is 1. The summed E-state index contributed by atoms with van der Waals surface area (Å²) >= 11 is 0. The SMILES string of the molecule is CC[C@H](N)C(=O)NCC1CCC(C(=O)O)CC1. The largest absolute Gasteiger partial charge is 0.481 e. The van der Waals surface area contributed by atoms with Crippen molar-refractivity contribution < 1.29 is 14.7 Å². The Bertz CT molecular complexity index is 273. The fraction of sp³-hybridized carbons (Fsp3) is 0.833. The molecule has 0 bridgehead atoms. The second-order valence-corrected chi connectivity index (χ2v) is 4.82. The summed E-state index contributed by atoms with van der Waals surface area (Å²) < 4.78 is 0. The van der Waals surface area contributed by atoms with Crippen LogP contribution in [0, 0.1) is 11.8 Å². The standard InChI is InChI=1S/C12H22N2O3/c1-2-10(13)11(15)14-7-8-3-5-9(6-4-8)12(16)17/h8-10H,2-7,13H2,1H3,(H,14,15)(H,16,17)/t8?,9?,10-/m0/s1. The fourth-order valence-electron chi connectivity index (χ4n) is 2.17. The highest BCUT2D eigenvalue weighted by Gasteiger charge is 2.26. The number of rotatable bonds is 5. The maximum Gasteiger partial charge on any atom is 0.306 e. The van der Waals surface area contributed by atoms with Crippen LogP contribution >= 0.6 is 0 Å². The van der Waals surface area contributed by atoms with Crippen LogP contribution in [0.25, 0.3) is 0 Å². The Kier molecular flexibility index (Phi) is 5.41. The van der Waals surface area contributed by atoms with Gasteiger partial charge in [0.2, 0.25) is 5.91 Å². The third kappa shape index (κ3) is 4.34. The van der Waals surface area contributed by atoms with Gasteiger partial charge in [-0.2, -0.15) is 0 Å². The van der Waals surface area contributed by atoms with Crippen molar-refractivity contribution in [3.8, 4) is 0 Å². The van der Waals surface area contributed by atoms with Gasteiger partial charge in [0.05, 0.1) is 12.0 Å². The third-order valence-corrected chi connectivity index (χ3v) is 3.54. The molecule has 1 amide bonds. The Balaban J connectivity index is 2.22. The topological polar surface area (TPSA) is 92.4 Å². The van der Waals surface area contributed by atoms with Gasteiger partial charge >= 0.3 is 5.97 Å². The average Bonchev–Trinajstić information content (AvgIpc) is 2.35. The zero-order chi connectivity index (χ0) is 12.8. The van der Waals surface area contributed by atoms with Crippen LogP contribution in [0.1, 0.15) is 39.0 Å². The Morgan fingerprint density at radius 2 is 1.94 bits per heavy atom. The van der Waals surface area contributed by atoms with Crippen LogP contribution < -0.4 is 11.1 Å². The first-order valence-corrected chi connectivity index (χ1v) is 6.30. The minimum absolute atomic E-state index is 0.104. The van der Waals surface area contributed by atoms with Crippen LogP contribution in [-0.2, 0) is 9.59 Å². The molecule has 1 aliphatic carbocycles. The minimum atomic E-state index is -0.694. The average molecular weight is 242 g/mol. The molecule has 5 heteroatoms. The molecule has 0 spiro atoms. The van der Waals surface area contributed by atoms with Crippen molar-refractivity contribution >= 4 is 11.9 Å². The molecule has 0 aliphatic heterocycles. The van der Waals surface area contributed by atoms with Crippen molar-refractivity contribution in [2.45, 2.75) is 45.1 Å². The summed E-state index contributed by atoms with van der Waals surface area (Å²) in [5, 5.41) is 11.7. The molecule has 1 atom stereocenters. The van der Waals surface area contributed by atoms with Gasteiger partial charge in [0.25, 0.3) is 0 Å². The molecule has 0 radical (unpaired) electrons. The first kappa shape index (κ1) is 14.0. The van der Waals surface area contributed by atoms with Gasteiger partial charge in [0.15, 0.2) is 0 Å². The van der Waals surface area contributed by atoms with E-state index in [1.54, 1.807) is 0 Å². The Labute approximate surface area is 102 Å². The quantitative estimate of drug-likeness (QED) is 0.662. The van der Waals surface area contributed by atoms with E-state index in [0.29, 0.717) is 18.9 Å². The maximum absolute atomic E-state index is 11.5. The lowest BCUT2D eigenvalue weighted by molar-refractivity contribution is -0.143. The summed E-state index contributed by atoms with van der Waals surface area (Å²) in [5.74, 6) is -0.591. The summed E-state index contributed by atoms with van der Waals surface area (Å²) in [6.07, 6.45) is 3.82. The molecule has 4 N–H and O–H groups in total. The number of hydrogen-bond acceptors (Lipinski definition) is 3. The van der Waals surface area contributed by atoms with E-state index in [0.717, 1.165) is 25.7 Å². The highest BCUT2D eigenvalue weighted by atomic mass is 16.4. The van der Waals surface area contributed by atoms with Crippen molar-refractivity contribution in [1.29, 1.82) is 0 Å². The van der Waals surface area contributed by atoms with Crippen molar-refractivity contribution in [3.63, 3.8) is 0 Å². The van der Waals surface area contributed by atoms with Crippen LogP contribution in [0.5, 0.6) is 0 Å². The number of carboxylic acid groups (broad SMARTS) is 1. The second kappa shape index (κ2) is 6.59. The first-order valence-electron chi connectivity index (χ1n) is 6.30. The molecule has 1 saturated carbocycles. The van der Waals surface area contributed by atoms with Gasteiger partial charge < -0.3 is 16.2 Å². The summed E-state index contributed by atoms with van der Waals surface area (Å²) in [6.45, 7) is 2.50. The van der Waals surface area contributed by atoms with E-state index in [9.17, 15) is 9.59 Å². The van der Waals surface area contributed by atoms with Crippen LogP contribution in [-0.4, -0.2) is 29.6 Å². The Morgan fingerprint density at radius 1 is 1.35 bits per heavy atom. The number of nitrogens with one attached hydrogen (secondary N) is 1. The number of amides is 1. The molecule has 98 valence electrons. The third-order valence-electron chi connectivity index (χ3n) is 3.54. The summed E-state index contributed by atoms with van der Waals surface area (Å²) in [7, 11) is 0. The molecule has 5 nitrogen and oxygen atoms in total. The van der Waals surface area contributed by atoms with Gasteiger partial charge in [0.1, 0.15) is 0 Å². The van der Waals surface area contributed by atoms with Crippen LogP contribution in [0.4, 0.5) is 0 Å². The van der Waals surface area contributed by atoms with Gasteiger partial charge in [0, 0.05) is 6.54 Å². The number of aliphatic carboxylic acids is 1. The van der Waals surface area contributed by atoms with Crippen LogP contribution in [0.15, 0.2) is 0 Å². The predicted octanol–water partition coefficient (Wildman–Crippen LogP) is 0.731. The monoisotopic (exact) mass is 242 g/mol.